The lowest BCUT2D eigenvalue weighted by atomic mass is 9.99. The summed E-state index contributed by atoms with van der Waals surface area (Å²) in [6, 6.07) is 0. The van der Waals surface area contributed by atoms with Crippen molar-refractivity contribution in [2.45, 2.75) is 45.8 Å². The second-order valence-electron chi connectivity index (χ2n) is 4.34. The normalized spacial score (nSPS) is 15.6. The number of carbonyl (C=O) groups is 2. The molecule has 0 spiro atoms. The molecule has 0 aliphatic carbocycles. The van der Waals surface area contributed by atoms with Crippen LogP contribution < -0.4 is 0 Å². The van der Waals surface area contributed by atoms with E-state index in [2.05, 4.69) is 0 Å². The van der Waals surface area contributed by atoms with Crippen LogP contribution in [0.25, 0.3) is 0 Å². The fraction of sp³-hybridized carbons (Fsp3) is 0.833. The number of esters is 2. The molecule has 0 heterocycles. The molecule has 3 unspecified atom stereocenters. The number of ether oxygens (including phenoxy) is 2. The van der Waals surface area contributed by atoms with Crippen molar-refractivity contribution < 1.29 is 29.3 Å². The van der Waals surface area contributed by atoms with E-state index in [0.29, 0.717) is 12.8 Å². The van der Waals surface area contributed by atoms with E-state index in [1.807, 2.05) is 0 Å². The van der Waals surface area contributed by atoms with Gasteiger partial charge in [-0.1, -0.05) is 6.92 Å². The van der Waals surface area contributed by atoms with E-state index in [4.69, 9.17) is 14.6 Å². The van der Waals surface area contributed by atoms with Crippen molar-refractivity contribution in [2.75, 3.05) is 13.2 Å². The molecule has 0 rings (SSSR count). The van der Waals surface area contributed by atoms with E-state index in [-0.39, 0.29) is 25.1 Å². The molecule has 2 N–H and O–H groups in total. The first-order chi connectivity index (χ1) is 8.36. The summed E-state index contributed by atoms with van der Waals surface area (Å²) in [7, 11) is 0. The lowest BCUT2D eigenvalue weighted by molar-refractivity contribution is -0.149. The van der Waals surface area contributed by atoms with Crippen molar-refractivity contribution in [3.05, 3.63) is 0 Å². The lowest BCUT2D eigenvalue weighted by Crippen LogP contribution is -2.27. The van der Waals surface area contributed by atoms with Crippen molar-refractivity contribution >= 4 is 11.9 Å². The van der Waals surface area contributed by atoms with Crippen LogP contribution in [0.3, 0.4) is 0 Å². The Morgan fingerprint density at radius 3 is 2.22 bits per heavy atom. The fourth-order valence-corrected chi connectivity index (χ4v) is 1.42. The monoisotopic (exact) mass is 262 g/mol. The summed E-state index contributed by atoms with van der Waals surface area (Å²) >= 11 is 0. The largest absolute Gasteiger partial charge is 0.465 e. The molecule has 106 valence electrons. The summed E-state index contributed by atoms with van der Waals surface area (Å²) in [5, 5.41) is 18.8. The van der Waals surface area contributed by atoms with Gasteiger partial charge in [0.25, 0.3) is 0 Å². The highest BCUT2D eigenvalue weighted by Gasteiger charge is 2.19. The fourth-order valence-electron chi connectivity index (χ4n) is 1.42. The zero-order chi connectivity index (χ0) is 14.1. The summed E-state index contributed by atoms with van der Waals surface area (Å²) < 4.78 is 9.63. The highest BCUT2D eigenvalue weighted by molar-refractivity contribution is 5.66. The second kappa shape index (κ2) is 8.88. The minimum atomic E-state index is -0.672. The van der Waals surface area contributed by atoms with Crippen LogP contribution in [0.15, 0.2) is 0 Å². The third-order valence-corrected chi connectivity index (χ3v) is 2.53. The van der Waals surface area contributed by atoms with E-state index in [1.165, 1.54) is 13.8 Å². The molecule has 0 radical (unpaired) electrons. The lowest BCUT2D eigenvalue weighted by Gasteiger charge is -2.21. The van der Waals surface area contributed by atoms with Gasteiger partial charge in [0.2, 0.25) is 0 Å². The van der Waals surface area contributed by atoms with Gasteiger partial charge in [-0.3, -0.25) is 9.59 Å². The minimum absolute atomic E-state index is 0.147. The van der Waals surface area contributed by atoms with Crippen LogP contribution in [-0.4, -0.2) is 47.6 Å². The average molecular weight is 262 g/mol. The van der Waals surface area contributed by atoms with Crippen LogP contribution in [0, 0.1) is 5.92 Å². The van der Waals surface area contributed by atoms with Crippen molar-refractivity contribution in [2.24, 2.45) is 5.92 Å². The van der Waals surface area contributed by atoms with E-state index in [1.54, 1.807) is 6.92 Å². The summed E-state index contributed by atoms with van der Waals surface area (Å²) in [6.07, 6.45) is -0.546. The highest BCUT2D eigenvalue weighted by atomic mass is 16.6. The first-order valence-electron chi connectivity index (χ1n) is 5.96. The Hall–Kier alpha value is -1.14. The van der Waals surface area contributed by atoms with Gasteiger partial charge in [-0.15, -0.1) is 0 Å². The van der Waals surface area contributed by atoms with Crippen LogP contribution in [0.4, 0.5) is 0 Å². The Morgan fingerprint density at radius 1 is 1.17 bits per heavy atom. The van der Waals surface area contributed by atoms with Crippen molar-refractivity contribution in [1.82, 2.24) is 0 Å². The zero-order valence-electron chi connectivity index (χ0n) is 11.1. The number of hydrogen-bond donors (Lipinski definition) is 2. The number of aliphatic hydroxyl groups excluding tert-OH is 2. The Balaban J connectivity index is 3.94. The van der Waals surface area contributed by atoms with E-state index in [0.717, 1.165) is 0 Å². The predicted molar refractivity (Wildman–Crippen MR) is 63.7 cm³/mol. The summed E-state index contributed by atoms with van der Waals surface area (Å²) in [6.45, 7) is 4.20. The molecule has 6 heteroatoms. The van der Waals surface area contributed by atoms with Gasteiger partial charge in [0.15, 0.2) is 0 Å². The molecular formula is C12H22O6. The Bertz CT molecular complexity index is 265. The van der Waals surface area contributed by atoms with Crippen molar-refractivity contribution in [1.29, 1.82) is 0 Å². The Morgan fingerprint density at radius 2 is 1.78 bits per heavy atom. The summed E-state index contributed by atoms with van der Waals surface area (Å²) in [4.78, 5) is 21.3. The SMILES string of the molecule is CC(=O)OCC(C)C(O)CCC(CO)OC(C)=O. The molecule has 0 aliphatic heterocycles. The molecule has 0 aromatic carbocycles. The minimum Gasteiger partial charge on any atom is -0.465 e. The molecule has 0 bridgehead atoms. The second-order valence-corrected chi connectivity index (χ2v) is 4.34. The quantitative estimate of drug-likeness (QED) is 0.609. The first kappa shape index (κ1) is 16.9. The van der Waals surface area contributed by atoms with Crippen LogP contribution in [0.5, 0.6) is 0 Å². The molecule has 3 atom stereocenters. The summed E-state index contributed by atoms with van der Waals surface area (Å²) in [5.41, 5.74) is 0. The number of carbonyl (C=O) groups excluding carboxylic acids is 2. The molecule has 0 fully saturated rings. The maximum atomic E-state index is 10.7. The predicted octanol–water partition coefficient (Wildman–Crippen LogP) is 0.251. The van der Waals surface area contributed by atoms with Crippen LogP contribution in [0.1, 0.15) is 33.6 Å². The van der Waals surface area contributed by atoms with Crippen LogP contribution >= 0.6 is 0 Å². The summed E-state index contributed by atoms with van der Waals surface area (Å²) in [5.74, 6) is -1.05. The van der Waals surface area contributed by atoms with E-state index >= 15 is 0 Å². The molecule has 0 aromatic rings. The molecule has 0 aromatic heterocycles. The Labute approximate surface area is 107 Å². The van der Waals surface area contributed by atoms with Crippen molar-refractivity contribution in [3.63, 3.8) is 0 Å². The molecule has 0 saturated carbocycles. The van der Waals surface area contributed by atoms with Crippen LogP contribution in [-0.2, 0) is 19.1 Å². The molecular weight excluding hydrogens is 240 g/mol. The maximum absolute atomic E-state index is 10.7. The van der Waals surface area contributed by atoms with E-state index in [9.17, 15) is 14.7 Å². The molecule has 0 saturated heterocycles. The topological polar surface area (TPSA) is 93.1 Å². The number of rotatable bonds is 8. The first-order valence-corrected chi connectivity index (χ1v) is 5.96. The van der Waals surface area contributed by atoms with Gasteiger partial charge in [0.05, 0.1) is 19.3 Å². The van der Waals surface area contributed by atoms with E-state index < -0.39 is 18.2 Å². The number of hydrogen-bond acceptors (Lipinski definition) is 6. The average Bonchev–Trinajstić information content (AvgIpc) is 2.30. The third-order valence-electron chi connectivity index (χ3n) is 2.53. The smallest absolute Gasteiger partial charge is 0.302 e. The van der Waals surface area contributed by atoms with Gasteiger partial charge in [0.1, 0.15) is 6.10 Å². The molecule has 0 aliphatic rings. The van der Waals surface area contributed by atoms with Gasteiger partial charge in [0, 0.05) is 19.8 Å². The molecule has 0 amide bonds. The standard InChI is InChI=1S/C12H22O6/c1-8(7-17-9(2)14)12(16)5-4-11(6-13)18-10(3)15/h8,11-13,16H,4-7H2,1-3H3. The van der Waals surface area contributed by atoms with Gasteiger partial charge < -0.3 is 19.7 Å². The maximum Gasteiger partial charge on any atom is 0.302 e. The van der Waals surface area contributed by atoms with Gasteiger partial charge in [-0.2, -0.15) is 0 Å². The highest BCUT2D eigenvalue weighted by Crippen LogP contribution is 2.13. The van der Waals surface area contributed by atoms with Crippen molar-refractivity contribution in [3.8, 4) is 0 Å². The van der Waals surface area contributed by atoms with Gasteiger partial charge in [-0.05, 0) is 12.8 Å². The molecule has 6 nitrogen and oxygen atoms in total. The van der Waals surface area contributed by atoms with Gasteiger partial charge >= 0.3 is 11.9 Å². The molecule has 18 heavy (non-hydrogen) atoms. The Kier molecular flexibility index (Phi) is 8.32. The third kappa shape index (κ3) is 8.03. The zero-order valence-corrected chi connectivity index (χ0v) is 11.1. The van der Waals surface area contributed by atoms with Crippen LogP contribution in [0.2, 0.25) is 0 Å². The van der Waals surface area contributed by atoms with Gasteiger partial charge in [-0.25, -0.2) is 0 Å². The number of aliphatic hydroxyl groups is 2.